The van der Waals surface area contributed by atoms with Gasteiger partial charge in [-0.2, -0.15) is 0 Å². The summed E-state index contributed by atoms with van der Waals surface area (Å²) in [6.45, 7) is 1.44. The highest BCUT2D eigenvalue weighted by Crippen LogP contribution is 2.21. The van der Waals surface area contributed by atoms with Gasteiger partial charge in [-0.15, -0.1) is 0 Å². The van der Waals surface area contributed by atoms with Crippen LogP contribution in [0.1, 0.15) is 18.5 Å². The van der Waals surface area contributed by atoms with E-state index in [4.69, 9.17) is 0 Å². The topological polar surface area (TPSA) is 45.2 Å². The third-order valence-electron chi connectivity index (χ3n) is 2.78. The number of nitrogens with zero attached hydrogens (tertiary/aromatic N) is 1. The monoisotopic (exact) mass is 210 g/mol. The summed E-state index contributed by atoms with van der Waals surface area (Å²) in [5.74, 6) is -0.337. The molecule has 2 N–H and O–H groups in total. The number of hydrogen-bond donors (Lipinski definition) is 2. The van der Waals surface area contributed by atoms with E-state index < -0.39 is 5.60 Å². The van der Waals surface area contributed by atoms with Crippen molar-refractivity contribution >= 4 is 0 Å². The van der Waals surface area contributed by atoms with E-state index in [0.29, 0.717) is 18.7 Å². The summed E-state index contributed by atoms with van der Waals surface area (Å²) < 4.78 is 13.3. The Morgan fingerprint density at radius 2 is 2.47 bits per heavy atom. The predicted octanol–water partition coefficient (Wildman–Crippen LogP) is 0.878. The lowest BCUT2D eigenvalue weighted by molar-refractivity contribution is 0.0153. The van der Waals surface area contributed by atoms with Crippen LogP contribution in [0.3, 0.4) is 0 Å². The van der Waals surface area contributed by atoms with Gasteiger partial charge in [0.05, 0.1) is 11.3 Å². The summed E-state index contributed by atoms with van der Waals surface area (Å²) in [7, 11) is 0. The van der Waals surface area contributed by atoms with Crippen molar-refractivity contribution in [3.05, 3.63) is 29.8 Å². The molecule has 1 aliphatic heterocycles. The highest BCUT2D eigenvalue weighted by molar-refractivity contribution is 5.10. The van der Waals surface area contributed by atoms with Gasteiger partial charge in [0.1, 0.15) is 5.82 Å². The van der Waals surface area contributed by atoms with Crippen molar-refractivity contribution in [1.82, 2.24) is 10.3 Å². The molecule has 0 spiro atoms. The lowest BCUT2D eigenvalue weighted by atomic mass is 9.89. The SMILES string of the molecule is OC1(Cc2ncccc2F)CCCNC1. The highest BCUT2D eigenvalue weighted by atomic mass is 19.1. The first-order valence-electron chi connectivity index (χ1n) is 5.22. The van der Waals surface area contributed by atoms with E-state index >= 15 is 0 Å². The van der Waals surface area contributed by atoms with Crippen molar-refractivity contribution in [2.75, 3.05) is 13.1 Å². The number of nitrogens with one attached hydrogen (secondary N) is 1. The van der Waals surface area contributed by atoms with E-state index in [9.17, 15) is 9.50 Å². The maximum Gasteiger partial charge on any atom is 0.144 e. The predicted molar refractivity (Wildman–Crippen MR) is 55.0 cm³/mol. The molecular formula is C11H15FN2O. The van der Waals surface area contributed by atoms with Gasteiger partial charge in [-0.25, -0.2) is 4.39 Å². The molecule has 0 radical (unpaired) electrons. The van der Waals surface area contributed by atoms with Crippen LogP contribution < -0.4 is 5.32 Å². The van der Waals surface area contributed by atoms with Crippen molar-refractivity contribution in [2.45, 2.75) is 24.9 Å². The third-order valence-corrected chi connectivity index (χ3v) is 2.78. The fourth-order valence-corrected chi connectivity index (χ4v) is 1.96. The number of pyridine rings is 1. The molecule has 1 aromatic heterocycles. The molecule has 2 heterocycles. The molecule has 82 valence electrons. The molecular weight excluding hydrogens is 195 g/mol. The smallest absolute Gasteiger partial charge is 0.144 e. The quantitative estimate of drug-likeness (QED) is 0.761. The van der Waals surface area contributed by atoms with Crippen LogP contribution in [-0.2, 0) is 6.42 Å². The number of aromatic nitrogens is 1. The van der Waals surface area contributed by atoms with Crippen LogP contribution in [-0.4, -0.2) is 28.8 Å². The molecule has 1 aliphatic rings. The summed E-state index contributed by atoms with van der Waals surface area (Å²) in [5.41, 5.74) is -0.489. The first-order valence-corrected chi connectivity index (χ1v) is 5.22. The van der Waals surface area contributed by atoms with Crippen molar-refractivity contribution in [2.24, 2.45) is 0 Å². The van der Waals surface area contributed by atoms with E-state index in [1.807, 2.05) is 0 Å². The molecule has 4 heteroatoms. The maximum absolute atomic E-state index is 13.3. The molecule has 1 unspecified atom stereocenters. The minimum Gasteiger partial charge on any atom is -0.388 e. The highest BCUT2D eigenvalue weighted by Gasteiger charge is 2.30. The summed E-state index contributed by atoms with van der Waals surface area (Å²) in [6, 6.07) is 2.93. The van der Waals surface area contributed by atoms with E-state index in [1.165, 1.54) is 6.07 Å². The van der Waals surface area contributed by atoms with Crippen LogP contribution in [0.25, 0.3) is 0 Å². The number of halogens is 1. The fraction of sp³-hybridized carbons (Fsp3) is 0.545. The number of β-amino-alcohol motifs (C(OH)–C–C–N with tert-alkyl or cyclic N) is 1. The lowest BCUT2D eigenvalue weighted by Crippen LogP contribution is -2.47. The Bertz CT molecular complexity index is 337. The van der Waals surface area contributed by atoms with Gasteiger partial charge in [0.2, 0.25) is 0 Å². The van der Waals surface area contributed by atoms with Gasteiger partial charge in [-0.3, -0.25) is 4.98 Å². The minimum atomic E-state index is -0.840. The van der Waals surface area contributed by atoms with Crippen LogP contribution in [0, 0.1) is 5.82 Å². The standard InChI is InChI=1S/C11H15FN2O/c12-9-3-1-6-14-10(9)7-11(15)4-2-5-13-8-11/h1,3,6,13,15H,2,4-5,7-8H2. The first kappa shape index (κ1) is 10.5. The van der Waals surface area contributed by atoms with E-state index in [2.05, 4.69) is 10.3 Å². The Labute approximate surface area is 88.3 Å². The first-order chi connectivity index (χ1) is 7.20. The zero-order valence-electron chi connectivity index (χ0n) is 8.54. The second-order valence-electron chi connectivity index (χ2n) is 4.11. The zero-order chi connectivity index (χ0) is 10.7. The number of aliphatic hydroxyl groups is 1. The van der Waals surface area contributed by atoms with Gasteiger partial charge in [0.25, 0.3) is 0 Å². The van der Waals surface area contributed by atoms with E-state index in [1.54, 1.807) is 12.3 Å². The maximum atomic E-state index is 13.3. The number of hydrogen-bond acceptors (Lipinski definition) is 3. The minimum absolute atomic E-state index is 0.284. The van der Waals surface area contributed by atoms with Crippen molar-refractivity contribution in [1.29, 1.82) is 0 Å². The van der Waals surface area contributed by atoms with Gasteiger partial charge in [0.15, 0.2) is 0 Å². The van der Waals surface area contributed by atoms with Gasteiger partial charge in [-0.05, 0) is 31.5 Å². The molecule has 0 saturated carbocycles. The molecule has 0 aliphatic carbocycles. The average molecular weight is 210 g/mol. The second-order valence-corrected chi connectivity index (χ2v) is 4.11. The second kappa shape index (κ2) is 4.24. The van der Waals surface area contributed by atoms with Crippen LogP contribution in [0.15, 0.2) is 18.3 Å². The molecule has 15 heavy (non-hydrogen) atoms. The summed E-state index contributed by atoms with van der Waals surface area (Å²) in [6.07, 6.45) is 3.46. The van der Waals surface area contributed by atoms with Gasteiger partial charge in [-0.1, -0.05) is 0 Å². The Kier molecular flexibility index (Phi) is 2.98. The molecule has 1 fully saturated rings. The molecule has 3 nitrogen and oxygen atoms in total. The van der Waals surface area contributed by atoms with Gasteiger partial charge < -0.3 is 10.4 Å². The van der Waals surface area contributed by atoms with E-state index in [0.717, 1.165) is 13.0 Å². The molecule has 0 bridgehead atoms. The van der Waals surface area contributed by atoms with Crippen molar-refractivity contribution in [3.8, 4) is 0 Å². The van der Waals surface area contributed by atoms with Crippen molar-refractivity contribution in [3.63, 3.8) is 0 Å². The largest absolute Gasteiger partial charge is 0.388 e. The Morgan fingerprint density at radius 3 is 3.13 bits per heavy atom. The lowest BCUT2D eigenvalue weighted by Gasteiger charge is -2.32. The Morgan fingerprint density at radius 1 is 1.60 bits per heavy atom. The summed E-state index contributed by atoms with van der Waals surface area (Å²) in [4.78, 5) is 3.95. The van der Waals surface area contributed by atoms with Crippen LogP contribution in [0.5, 0.6) is 0 Å². The molecule has 1 aromatic rings. The van der Waals surface area contributed by atoms with Gasteiger partial charge in [0, 0.05) is 19.2 Å². The fourth-order valence-electron chi connectivity index (χ4n) is 1.96. The number of piperidine rings is 1. The van der Waals surface area contributed by atoms with E-state index in [-0.39, 0.29) is 12.2 Å². The Balaban J connectivity index is 2.10. The van der Waals surface area contributed by atoms with Crippen molar-refractivity contribution < 1.29 is 9.50 Å². The summed E-state index contributed by atoms with van der Waals surface area (Å²) in [5, 5.41) is 13.3. The molecule has 0 amide bonds. The van der Waals surface area contributed by atoms with Crippen LogP contribution in [0.4, 0.5) is 4.39 Å². The zero-order valence-corrected chi connectivity index (χ0v) is 8.54. The number of rotatable bonds is 2. The molecule has 0 aromatic carbocycles. The average Bonchev–Trinajstić information content (AvgIpc) is 2.22. The Hall–Kier alpha value is -1.00. The van der Waals surface area contributed by atoms with Gasteiger partial charge >= 0.3 is 0 Å². The van der Waals surface area contributed by atoms with Crippen LogP contribution >= 0.6 is 0 Å². The normalized spacial score (nSPS) is 26.5. The third kappa shape index (κ3) is 2.52. The summed E-state index contributed by atoms with van der Waals surface area (Å²) >= 11 is 0. The van der Waals surface area contributed by atoms with Crippen LogP contribution in [0.2, 0.25) is 0 Å². The molecule has 1 atom stereocenters. The molecule has 1 saturated heterocycles. The molecule has 2 rings (SSSR count).